The largest absolute Gasteiger partial charge is 0.456 e. The standard InChI is InChI=1S/C25H29NO4/c1-3-17(2)21-9-4-5-10-22(21)26-24(28)16-30-25(29)14-13-23(27)20-12-11-18-7-6-8-19(18)15-20/h4-5,9-12,15,17H,3,6-8,13-14,16H2,1-2H3,(H,26,28)/t17-/m1/s1. The van der Waals surface area contributed by atoms with Crippen LogP contribution in [0.25, 0.3) is 0 Å². The van der Waals surface area contributed by atoms with Gasteiger partial charge in [-0.25, -0.2) is 0 Å². The molecule has 1 N–H and O–H groups in total. The third-order valence-corrected chi connectivity index (χ3v) is 5.72. The van der Waals surface area contributed by atoms with Crippen LogP contribution in [0, 0.1) is 0 Å². The van der Waals surface area contributed by atoms with Crippen molar-refractivity contribution in [3.05, 3.63) is 64.7 Å². The minimum Gasteiger partial charge on any atom is -0.456 e. The summed E-state index contributed by atoms with van der Waals surface area (Å²) in [5, 5.41) is 2.81. The van der Waals surface area contributed by atoms with E-state index in [-0.39, 0.29) is 31.1 Å². The Labute approximate surface area is 177 Å². The number of Topliss-reactive ketones (excluding diaryl/α,β-unsaturated/α-hetero) is 1. The van der Waals surface area contributed by atoms with Crippen molar-refractivity contribution in [2.24, 2.45) is 0 Å². The van der Waals surface area contributed by atoms with E-state index in [0.29, 0.717) is 11.5 Å². The van der Waals surface area contributed by atoms with Crippen LogP contribution in [0.5, 0.6) is 0 Å². The van der Waals surface area contributed by atoms with Crippen molar-refractivity contribution in [3.8, 4) is 0 Å². The summed E-state index contributed by atoms with van der Waals surface area (Å²) < 4.78 is 5.06. The molecule has 1 atom stereocenters. The van der Waals surface area contributed by atoms with E-state index in [1.54, 1.807) is 0 Å². The maximum Gasteiger partial charge on any atom is 0.306 e. The molecule has 0 saturated heterocycles. The van der Waals surface area contributed by atoms with E-state index < -0.39 is 5.97 Å². The number of esters is 1. The van der Waals surface area contributed by atoms with E-state index in [1.807, 2.05) is 42.5 Å². The topological polar surface area (TPSA) is 72.5 Å². The highest BCUT2D eigenvalue weighted by atomic mass is 16.5. The molecule has 0 bridgehead atoms. The predicted octanol–water partition coefficient (Wildman–Crippen LogP) is 4.83. The second-order valence-electron chi connectivity index (χ2n) is 7.87. The van der Waals surface area contributed by atoms with Gasteiger partial charge in [0, 0.05) is 17.7 Å². The molecular formula is C25H29NO4. The van der Waals surface area contributed by atoms with E-state index in [9.17, 15) is 14.4 Å². The van der Waals surface area contributed by atoms with Crippen LogP contribution >= 0.6 is 0 Å². The summed E-state index contributed by atoms with van der Waals surface area (Å²) in [6.45, 7) is 3.83. The molecule has 0 heterocycles. The van der Waals surface area contributed by atoms with Crippen molar-refractivity contribution in [1.29, 1.82) is 0 Å². The smallest absolute Gasteiger partial charge is 0.306 e. The van der Waals surface area contributed by atoms with Crippen LogP contribution in [0.4, 0.5) is 5.69 Å². The van der Waals surface area contributed by atoms with Crippen LogP contribution in [-0.4, -0.2) is 24.3 Å². The molecular weight excluding hydrogens is 378 g/mol. The third-order valence-electron chi connectivity index (χ3n) is 5.72. The normalized spacial score (nSPS) is 13.4. The van der Waals surface area contributed by atoms with Crippen LogP contribution in [0.1, 0.15) is 72.5 Å². The van der Waals surface area contributed by atoms with Gasteiger partial charge in [-0.15, -0.1) is 0 Å². The molecule has 5 heteroatoms. The molecule has 0 unspecified atom stereocenters. The maximum atomic E-state index is 12.4. The van der Waals surface area contributed by atoms with Crippen LogP contribution in [0.3, 0.4) is 0 Å². The first-order valence-electron chi connectivity index (χ1n) is 10.7. The van der Waals surface area contributed by atoms with Crippen LogP contribution < -0.4 is 5.32 Å². The Morgan fingerprint density at radius 3 is 2.60 bits per heavy atom. The molecule has 3 rings (SSSR count). The molecule has 1 amide bonds. The number of hydrogen-bond acceptors (Lipinski definition) is 4. The highest BCUT2D eigenvalue weighted by molar-refractivity contribution is 5.98. The molecule has 30 heavy (non-hydrogen) atoms. The number of hydrogen-bond donors (Lipinski definition) is 1. The van der Waals surface area contributed by atoms with Gasteiger partial charge in [-0.05, 0) is 60.4 Å². The number of rotatable bonds is 9. The molecule has 0 spiro atoms. The number of carbonyl (C=O) groups excluding carboxylic acids is 3. The number of para-hydroxylation sites is 1. The van der Waals surface area contributed by atoms with E-state index in [2.05, 4.69) is 19.2 Å². The minimum atomic E-state index is -0.546. The highest BCUT2D eigenvalue weighted by Crippen LogP contribution is 2.26. The Bertz CT molecular complexity index is 934. The lowest BCUT2D eigenvalue weighted by molar-refractivity contribution is -0.147. The lowest BCUT2D eigenvalue weighted by Crippen LogP contribution is -2.22. The van der Waals surface area contributed by atoms with Crippen molar-refractivity contribution in [1.82, 2.24) is 0 Å². The first-order chi connectivity index (χ1) is 14.5. The number of ketones is 1. The lowest BCUT2D eigenvalue weighted by Gasteiger charge is -2.15. The fraction of sp³-hybridized carbons (Fsp3) is 0.400. The number of amides is 1. The zero-order chi connectivity index (χ0) is 21.5. The van der Waals surface area contributed by atoms with Gasteiger partial charge in [-0.1, -0.05) is 44.2 Å². The number of benzene rings is 2. The Morgan fingerprint density at radius 1 is 1.03 bits per heavy atom. The number of aryl methyl sites for hydroxylation is 2. The molecule has 0 aromatic heterocycles. The average Bonchev–Trinajstić information content (AvgIpc) is 3.23. The number of ether oxygens (including phenoxy) is 1. The van der Waals surface area contributed by atoms with Gasteiger partial charge in [0.15, 0.2) is 12.4 Å². The maximum absolute atomic E-state index is 12.4. The third kappa shape index (κ3) is 5.56. The van der Waals surface area contributed by atoms with Crippen LogP contribution in [-0.2, 0) is 27.2 Å². The van der Waals surface area contributed by atoms with Gasteiger partial charge in [0.2, 0.25) is 0 Å². The quantitative estimate of drug-likeness (QED) is 0.477. The number of nitrogens with one attached hydrogen (secondary N) is 1. The Morgan fingerprint density at radius 2 is 1.80 bits per heavy atom. The first kappa shape index (κ1) is 21.8. The molecule has 0 saturated carbocycles. The van der Waals surface area contributed by atoms with Crippen LogP contribution in [0.15, 0.2) is 42.5 Å². The predicted molar refractivity (Wildman–Crippen MR) is 117 cm³/mol. The molecule has 0 fully saturated rings. The van der Waals surface area contributed by atoms with Crippen molar-refractivity contribution in [3.63, 3.8) is 0 Å². The second-order valence-corrected chi connectivity index (χ2v) is 7.87. The summed E-state index contributed by atoms with van der Waals surface area (Å²) >= 11 is 0. The zero-order valence-corrected chi connectivity index (χ0v) is 17.7. The van der Waals surface area contributed by atoms with Crippen molar-refractivity contribution < 1.29 is 19.1 Å². The molecule has 0 radical (unpaired) electrons. The fourth-order valence-electron chi connectivity index (χ4n) is 3.77. The summed E-state index contributed by atoms with van der Waals surface area (Å²) in [6.07, 6.45) is 4.21. The summed E-state index contributed by atoms with van der Waals surface area (Å²) in [7, 11) is 0. The SMILES string of the molecule is CC[C@@H](C)c1ccccc1NC(=O)COC(=O)CCC(=O)c1ccc2c(c1)CCC2. The van der Waals surface area contributed by atoms with E-state index in [0.717, 1.165) is 36.9 Å². The molecule has 2 aromatic carbocycles. The first-order valence-corrected chi connectivity index (χ1v) is 10.7. The summed E-state index contributed by atoms with van der Waals surface area (Å²) in [4.78, 5) is 36.6. The van der Waals surface area contributed by atoms with Gasteiger partial charge in [0.1, 0.15) is 0 Å². The second kappa shape index (κ2) is 10.2. The lowest BCUT2D eigenvalue weighted by atomic mass is 9.97. The Kier molecular flexibility index (Phi) is 7.39. The number of fused-ring (bicyclic) bond motifs is 1. The van der Waals surface area contributed by atoms with E-state index >= 15 is 0 Å². The Balaban J connectivity index is 1.44. The molecule has 2 aromatic rings. The van der Waals surface area contributed by atoms with E-state index in [4.69, 9.17) is 4.74 Å². The molecule has 0 aliphatic heterocycles. The van der Waals surface area contributed by atoms with Crippen molar-refractivity contribution in [2.45, 2.75) is 58.3 Å². The number of carbonyl (C=O) groups is 3. The molecule has 1 aliphatic rings. The number of anilines is 1. The van der Waals surface area contributed by atoms with Gasteiger partial charge in [-0.3, -0.25) is 14.4 Å². The molecule has 5 nitrogen and oxygen atoms in total. The van der Waals surface area contributed by atoms with Gasteiger partial charge >= 0.3 is 5.97 Å². The average molecular weight is 408 g/mol. The minimum absolute atomic E-state index is 0.0351. The summed E-state index contributed by atoms with van der Waals surface area (Å²) in [5.41, 5.74) is 4.98. The van der Waals surface area contributed by atoms with E-state index in [1.165, 1.54) is 11.1 Å². The molecule has 1 aliphatic carbocycles. The highest BCUT2D eigenvalue weighted by Gasteiger charge is 2.16. The summed E-state index contributed by atoms with van der Waals surface area (Å²) in [5.74, 6) is -0.693. The van der Waals surface area contributed by atoms with Gasteiger partial charge in [0.05, 0.1) is 6.42 Å². The van der Waals surface area contributed by atoms with Crippen molar-refractivity contribution in [2.75, 3.05) is 11.9 Å². The fourth-order valence-corrected chi connectivity index (χ4v) is 3.77. The monoisotopic (exact) mass is 407 g/mol. The Hall–Kier alpha value is -2.95. The van der Waals surface area contributed by atoms with Crippen LogP contribution in [0.2, 0.25) is 0 Å². The zero-order valence-electron chi connectivity index (χ0n) is 17.7. The molecule has 158 valence electrons. The van der Waals surface area contributed by atoms with Gasteiger partial charge in [-0.2, -0.15) is 0 Å². The van der Waals surface area contributed by atoms with Crippen molar-refractivity contribution >= 4 is 23.3 Å². The van der Waals surface area contributed by atoms with Gasteiger partial charge < -0.3 is 10.1 Å². The van der Waals surface area contributed by atoms with Gasteiger partial charge in [0.25, 0.3) is 5.91 Å². The summed E-state index contributed by atoms with van der Waals surface area (Å²) in [6, 6.07) is 13.4.